The maximum Gasteiger partial charge on any atom is 0.331 e. The van der Waals surface area contributed by atoms with Crippen LogP contribution in [0.15, 0.2) is 48.5 Å². The van der Waals surface area contributed by atoms with E-state index in [0.717, 1.165) is 5.56 Å². The number of carbonyl (C=O) groups is 2. The molecule has 7 heteroatoms. The molecule has 0 aliphatic heterocycles. The molecule has 0 heterocycles. The van der Waals surface area contributed by atoms with Crippen molar-refractivity contribution in [2.45, 2.75) is 33.0 Å². The van der Waals surface area contributed by atoms with E-state index in [2.05, 4.69) is 5.32 Å². The number of nitrogens with one attached hydrogen (secondary N) is 1. The van der Waals surface area contributed by atoms with Gasteiger partial charge in [-0.15, -0.1) is 0 Å². The molecule has 0 fully saturated rings. The van der Waals surface area contributed by atoms with Crippen LogP contribution in [-0.4, -0.2) is 38.3 Å². The highest BCUT2D eigenvalue weighted by Gasteiger charge is 2.17. The summed E-state index contributed by atoms with van der Waals surface area (Å²) in [5.41, 5.74) is 1.28. The lowest BCUT2D eigenvalue weighted by atomic mass is 10.2. The van der Waals surface area contributed by atoms with E-state index in [-0.39, 0.29) is 6.10 Å². The Hall–Kier alpha value is -3.48. The van der Waals surface area contributed by atoms with Gasteiger partial charge in [0.2, 0.25) is 0 Å². The van der Waals surface area contributed by atoms with Gasteiger partial charge in [0.1, 0.15) is 5.75 Å². The molecule has 2 rings (SSSR count). The summed E-state index contributed by atoms with van der Waals surface area (Å²) in [6, 6.07) is 12.2. The highest BCUT2D eigenvalue weighted by molar-refractivity contribution is 5.96. The normalized spacial score (nSPS) is 11.8. The molecule has 0 aliphatic carbocycles. The predicted molar refractivity (Wildman–Crippen MR) is 115 cm³/mol. The van der Waals surface area contributed by atoms with Gasteiger partial charge in [0, 0.05) is 17.8 Å². The molecule has 2 aromatic rings. The Kier molecular flexibility index (Phi) is 8.29. The van der Waals surface area contributed by atoms with E-state index in [1.807, 2.05) is 13.8 Å². The minimum absolute atomic E-state index is 0.0138. The smallest absolute Gasteiger partial charge is 0.331 e. The SMILES string of the molecule is COc1cccc(NC(=O)[C@H](C)OC(=O)/C=C/c2ccc(OC(C)C)c(OC)c2)c1. The molecule has 160 valence electrons. The molecule has 0 saturated heterocycles. The van der Waals surface area contributed by atoms with Crippen LogP contribution in [0.2, 0.25) is 0 Å². The zero-order valence-electron chi connectivity index (χ0n) is 17.8. The van der Waals surface area contributed by atoms with Gasteiger partial charge < -0.3 is 24.3 Å². The van der Waals surface area contributed by atoms with Crippen LogP contribution in [0.3, 0.4) is 0 Å². The summed E-state index contributed by atoms with van der Waals surface area (Å²) in [7, 11) is 3.09. The van der Waals surface area contributed by atoms with Gasteiger partial charge in [0.05, 0.1) is 20.3 Å². The minimum atomic E-state index is -0.968. The van der Waals surface area contributed by atoms with Crippen molar-refractivity contribution >= 4 is 23.6 Å². The fourth-order valence-corrected chi connectivity index (χ4v) is 2.52. The molecular weight excluding hydrogens is 386 g/mol. The molecule has 0 radical (unpaired) electrons. The Morgan fingerprint density at radius 2 is 1.73 bits per heavy atom. The molecule has 0 saturated carbocycles. The highest BCUT2D eigenvalue weighted by Crippen LogP contribution is 2.29. The number of ether oxygens (including phenoxy) is 4. The number of rotatable bonds is 9. The largest absolute Gasteiger partial charge is 0.497 e. The standard InChI is InChI=1S/C23H27NO6/c1-15(2)29-20-11-9-17(13-21(20)28-5)10-12-22(25)30-16(3)23(26)24-18-7-6-8-19(14-18)27-4/h6-16H,1-5H3,(H,24,26)/b12-10+/t16-/m0/s1. The second-order valence-corrected chi connectivity index (χ2v) is 6.71. The van der Waals surface area contributed by atoms with Crippen molar-refractivity contribution in [3.8, 4) is 17.2 Å². The van der Waals surface area contributed by atoms with E-state index in [1.165, 1.54) is 20.1 Å². The summed E-state index contributed by atoms with van der Waals surface area (Å²) in [4.78, 5) is 24.3. The quantitative estimate of drug-likeness (QED) is 0.493. The summed E-state index contributed by atoms with van der Waals surface area (Å²) < 4.78 is 21.3. The first-order valence-corrected chi connectivity index (χ1v) is 9.50. The third-order valence-electron chi connectivity index (χ3n) is 3.96. The molecule has 30 heavy (non-hydrogen) atoms. The molecule has 0 aromatic heterocycles. The Morgan fingerprint density at radius 3 is 2.40 bits per heavy atom. The van der Waals surface area contributed by atoms with Gasteiger partial charge in [-0.1, -0.05) is 12.1 Å². The second kappa shape index (κ2) is 10.9. The van der Waals surface area contributed by atoms with Crippen LogP contribution in [-0.2, 0) is 14.3 Å². The van der Waals surface area contributed by atoms with E-state index in [1.54, 1.807) is 55.7 Å². The summed E-state index contributed by atoms with van der Waals surface area (Å²) >= 11 is 0. The van der Waals surface area contributed by atoms with Crippen LogP contribution in [0.4, 0.5) is 5.69 Å². The van der Waals surface area contributed by atoms with Crippen LogP contribution in [0.25, 0.3) is 6.08 Å². The second-order valence-electron chi connectivity index (χ2n) is 6.71. The number of anilines is 1. The molecule has 0 aliphatic rings. The Balaban J connectivity index is 1.95. The number of esters is 1. The third-order valence-corrected chi connectivity index (χ3v) is 3.96. The fourth-order valence-electron chi connectivity index (χ4n) is 2.52. The Labute approximate surface area is 176 Å². The molecule has 7 nitrogen and oxygen atoms in total. The molecule has 0 spiro atoms. The van der Waals surface area contributed by atoms with Gasteiger partial charge in [-0.2, -0.15) is 0 Å². The summed E-state index contributed by atoms with van der Waals surface area (Å²) in [5, 5.41) is 2.68. The number of benzene rings is 2. The fraction of sp³-hybridized carbons (Fsp3) is 0.304. The lowest BCUT2D eigenvalue weighted by Gasteiger charge is -2.14. The van der Waals surface area contributed by atoms with E-state index in [4.69, 9.17) is 18.9 Å². The van der Waals surface area contributed by atoms with Crippen molar-refractivity contribution in [2.24, 2.45) is 0 Å². The zero-order valence-corrected chi connectivity index (χ0v) is 17.8. The lowest BCUT2D eigenvalue weighted by molar-refractivity contribution is -0.148. The third kappa shape index (κ3) is 6.84. The summed E-state index contributed by atoms with van der Waals surface area (Å²) in [6.07, 6.45) is 1.88. The van der Waals surface area contributed by atoms with Gasteiger partial charge in [0.15, 0.2) is 17.6 Å². The van der Waals surface area contributed by atoms with Crippen molar-refractivity contribution in [1.82, 2.24) is 0 Å². The molecule has 2 aromatic carbocycles. The number of methoxy groups -OCH3 is 2. The molecule has 1 atom stereocenters. The monoisotopic (exact) mass is 413 g/mol. The molecular formula is C23H27NO6. The Morgan fingerprint density at radius 1 is 0.967 bits per heavy atom. The highest BCUT2D eigenvalue weighted by atomic mass is 16.5. The first-order chi connectivity index (χ1) is 14.3. The van der Waals surface area contributed by atoms with E-state index in [0.29, 0.717) is 22.9 Å². The van der Waals surface area contributed by atoms with E-state index < -0.39 is 18.0 Å². The van der Waals surface area contributed by atoms with Crippen molar-refractivity contribution < 1.29 is 28.5 Å². The first kappa shape index (κ1) is 22.8. The molecule has 0 bridgehead atoms. The average molecular weight is 413 g/mol. The maximum absolute atomic E-state index is 12.2. The van der Waals surface area contributed by atoms with Crippen LogP contribution < -0.4 is 19.5 Å². The van der Waals surface area contributed by atoms with E-state index >= 15 is 0 Å². The van der Waals surface area contributed by atoms with Crippen molar-refractivity contribution in [3.63, 3.8) is 0 Å². The van der Waals surface area contributed by atoms with Gasteiger partial charge in [-0.05, 0) is 56.7 Å². The van der Waals surface area contributed by atoms with Crippen molar-refractivity contribution in [1.29, 1.82) is 0 Å². The first-order valence-electron chi connectivity index (χ1n) is 9.50. The maximum atomic E-state index is 12.2. The number of carbonyl (C=O) groups excluding carboxylic acids is 2. The van der Waals surface area contributed by atoms with Crippen molar-refractivity contribution in [2.75, 3.05) is 19.5 Å². The van der Waals surface area contributed by atoms with Gasteiger partial charge >= 0.3 is 5.97 Å². The van der Waals surface area contributed by atoms with Crippen LogP contribution in [0.1, 0.15) is 26.3 Å². The van der Waals surface area contributed by atoms with Crippen LogP contribution in [0.5, 0.6) is 17.2 Å². The minimum Gasteiger partial charge on any atom is -0.497 e. The van der Waals surface area contributed by atoms with Gasteiger partial charge in [-0.3, -0.25) is 4.79 Å². The summed E-state index contributed by atoms with van der Waals surface area (Å²) in [5.74, 6) is 0.715. The van der Waals surface area contributed by atoms with Gasteiger partial charge in [-0.25, -0.2) is 4.79 Å². The predicted octanol–water partition coefficient (Wildman–Crippen LogP) is 4.07. The van der Waals surface area contributed by atoms with Crippen LogP contribution in [0, 0.1) is 0 Å². The zero-order chi connectivity index (χ0) is 22.1. The topological polar surface area (TPSA) is 83.1 Å². The van der Waals surface area contributed by atoms with Gasteiger partial charge in [0.25, 0.3) is 5.91 Å². The molecule has 1 N–H and O–H groups in total. The lowest BCUT2D eigenvalue weighted by Crippen LogP contribution is -2.29. The number of hydrogen-bond donors (Lipinski definition) is 1. The number of amides is 1. The van der Waals surface area contributed by atoms with E-state index in [9.17, 15) is 9.59 Å². The average Bonchev–Trinajstić information content (AvgIpc) is 2.72. The summed E-state index contributed by atoms with van der Waals surface area (Å²) in [6.45, 7) is 5.35. The molecule has 1 amide bonds. The van der Waals surface area contributed by atoms with Crippen molar-refractivity contribution in [3.05, 3.63) is 54.1 Å². The van der Waals surface area contributed by atoms with Crippen LogP contribution >= 0.6 is 0 Å². The number of hydrogen-bond acceptors (Lipinski definition) is 6. The Bertz CT molecular complexity index is 906. The molecule has 0 unspecified atom stereocenters.